The summed E-state index contributed by atoms with van der Waals surface area (Å²) in [6.07, 6.45) is -4.29. The number of nitrogens with zero attached hydrogens (tertiary/aromatic N) is 4. The van der Waals surface area contributed by atoms with E-state index >= 15 is 0 Å². The fraction of sp³-hybridized carbons (Fsp3) is 0.467. The second-order valence-electron chi connectivity index (χ2n) is 5.58. The van der Waals surface area contributed by atoms with E-state index in [1.165, 1.54) is 0 Å². The predicted octanol–water partition coefficient (Wildman–Crippen LogP) is 3.18. The van der Waals surface area contributed by atoms with Crippen molar-refractivity contribution in [3.05, 3.63) is 47.0 Å². The van der Waals surface area contributed by atoms with E-state index in [1.807, 2.05) is 13.8 Å². The zero-order chi connectivity index (χ0) is 15.9. The van der Waals surface area contributed by atoms with Gasteiger partial charge < -0.3 is 4.57 Å². The molecule has 1 unspecified atom stereocenters. The van der Waals surface area contributed by atoms with Crippen LogP contribution in [0.3, 0.4) is 0 Å². The van der Waals surface area contributed by atoms with Gasteiger partial charge in [0.2, 0.25) is 0 Å². The van der Waals surface area contributed by atoms with Crippen molar-refractivity contribution < 1.29 is 13.2 Å². The van der Waals surface area contributed by atoms with E-state index in [-0.39, 0.29) is 6.04 Å². The number of rotatable bonds is 2. The molecule has 0 radical (unpaired) electrons. The molecular weight excluding hydrogens is 293 g/mol. The molecule has 0 bridgehead atoms. The number of aromatic nitrogens is 3. The first-order valence-electron chi connectivity index (χ1n) is 7.16. The first-order chi connectivity index (χ1) is 10.4. The summed E-state index contributed by atoms with van der Waals surface area (Å²) in [6, 6.07) is 5.43. The molecule has 1 aromatic heterocycles. The molecule has 118 valence electrons. The minimum Gasteiger partial charge on any atom is -0.313 e. The quantitative estimate of drug-likeness (QED) is 0.854. The van der Waals surface area contributed by atoms with Gasteiger partial charge in [0, 0.05) is 19.1 Å². The molecule has 3 rings (SSSR count). The third-order valence-electron chi connectivity index (χ3n) is 4.24. The van der Waals surface area contributed by atoms with Crippen LogP contribution in [0.4, 0.5) is 13.2 Å². The number of fused-ring (bicyclic) bond motifs is 1. The highest BCUT2D eigenvalue weighted by atomic mass is 19.4. The van der Waals surface area contributed by atoms with Gasteiger partial charge >= 0.3 is 6.18 Å². The van der Waals surface area contributed by atoms with E-state index in [2.05, 4.69) is 19.7 Å². The van der Waals surface area contributed by atoms with Gasteiger partial charge in [-0.25, -0.2) is 0 Å². The van der Waals surface area contributed by atoms with Gasteiger partial charge in [0.15, 0.2) is 0 Å². The first kappa shape index (κ1) is 15.0. The van der Waals surface area contributed by atoms with Crippen molar-refractivity contribution in [2.45, 2.75) is 39.2 Å². The minimum absolute atomic E-state index is 0.0352. The maximum atomic E-state index is 12.6. The SMILES string of the molecule is Cc1nnc2n1CCN(C(C)c1ccc(C(F)(F)F)cc1)C2. The van der Waals surface area contributed by atoms with Crippen LogP contribution in [0.2, 0.25) is 0 Å². The molecule has 1 aliphatic heterocycles. The molecule has 0 amide bonds. The molecular formula is C15H17F3N4. The Kier molecular flexibility index (Phi) is 3.68. The second-order valence-corrected chi connectivity index (χ2v) is 5.58. The molecule has 0 spiro atoms. The molecule has 22 heavy (non-hydrogen) atoms. The lowest BCUT2D eigenvalue weighted by atomic mass is 10.0. The van der Waals surface area contributed by atoms with Crippen LogP contribution in [0, 0.1) is 6.92 Å². The maximum absolute atomic E-state index is 12.6. The molecule has 1 aromatic carbocycles. The molecule has 0 fully saturated rings. The molecule has 2 aromatic rings. The van der Waals surface area contributed by atoms with Crippen LogP contribution in [0.25, 0.3) is 0 Å². The zero-order valence-electron chi connectivity index (χ0n) is 12.4. The minimum atomic E-state index is -4.29. The molecule has 0 N–H and O–H groups in total. The zero-order valence-corrected chi connectivity index (χ0v) is 12.4. The van der Waals surface area contributed by atoms with Crippen LogP contribution in [0.5, 0.6) is 0 Å². The number of benzene rings is 1. The molecule has 7 heteroatoms. The first-order valence-corrected chi connectivity index (χ1v) is 7.16. The maximum Gasteiger partial charge on any atom is 0.416 e. The van der Waals surface area contributed by atoms with Crippen LogP contribution >= 0.6 is 0 Å². The third kappa shape index (κ3) is 2.72. The number of halogens is 3. The summed E-state index contributed by atoms with van der Waals surface area (Å²) in [4.78, 5) is 2.20. The van der Waals surface area contributed by atoms with Crippen molar-refractivity contribution in [2.75, 3.05) is 6.54 Å². The number of hydrogen-bond donors (Lipinski definition) is 0. The number of aryl methyl sites for hydroxylation is 1. The average molecular weight is 310 g/mol. The Balaban J connectivity index is 1.76. The number of hydrogen-bond acceptors (Lipinski definition) is 3. The summed E-state index contributed by atoms with van der Waals surface area (Å²) in [5.74, 6) is 1.80. The van der Waals surface area contributed by atoms with Crippen molar-refractivity contribution in [1.29, 1.82) is 0 Å². The van der Waals surface area contributed by atoms with E-state index in [4.69, 9.17) is 0 Å². The fourth-order valence-electron chi connectivity index (χ4n) is 2.81. The molecule has 0 saturated heterocycles. The summed E-state index contributed by atoms with van der Waals surface area (Å²) < 4.78 is 39.9. The van der Waals surface area contributed by atoms with Crippen LogP contribution in [0.1, 0.15) is 35.7 Å². The molecule has 0 saturated carbocycles. The normalized spacial score (nSPS) is 17.3. The second kappa shape index (κ2) is 5.39. The van der Waals surface area contributed by atoms with Crippen molar-refractivity contribution in [2.24, 2.45) is 0 Å². The Morgan fingerprint density at radius 2 is 1.77 bits per heavy atom. The summed E-state index contributed by atoms with van der Waals surface area (Å²) in [5.41, 5.74) is 0.259. The van der Waals surface area contributed by atoms with Crippen molar-refractivity contribution >= 4 is 0 Å². The lowest BCUT2D eigenvalue weighted by molar-refractivity contribution is -0.137. The molecule has 4 nitrogen and oxygen atoms in total. The highest BCUT2D eigenvalue weighted by Crippen LogP contribution is 2.31. The van der Waals surface area contributed by atoms with Crippen molar-refractivity contribution in [1.82, 2.24) is 19.7 Å². The van der Waals surface area contributed by atoms with Gasteiger partial charge in [-0.1, -0.05) is 12.1 Å². The van der Waals surface area contributed by atoms with Gasteiger partial charge in [-0.2, -0.15) is 13.2 Å². The Morgan fingerprint density at radius 1 is 1.09 bits per heavy atom. The van der Waals surface area contributed by atoms with Gasteiger partial charge in [0.05, 0.1) is 12.1 Å². The molecule has 1 atom stereocenters. The van der Waals surface area contributed by atoms with E-state index in [9.17, 15) is 13.2 Å². The smallest absolute Gasteiger partial charge is 0.313 e. The monoisotopic (exact) mass is 310 g/mol. The van der Waals surface area contributed by atoms with Crippen LogP contribution in [0.15, 0.2) is 24.3 Å². The standard InChI is InChI=1S/C15H17F3N4/c1-10(12-3-5-13(6-4-12)15(16,17)18)21-7-8-22-11(2)19-20-14(22)9-21/h3-6,10H,7-9H2,1-2H3. The van der Waals surface area contributed by atoms with Crippen molar-refractivity contribution in [3.8, 4) is 0 Å². The molecule has 2 heterocycles. The van der Waals surface area contributed by atoms with Crippen LogP contribution < -0.4 is 0 Å². The lowest BCUT2D eigenvalue weighted by Crippen LogP contribution is -2.36. The highest BCUT2D eigenvalue weighted by molar-refractivity contribution is 5.26. The summed E-state index contributed by atoms with van der Waals surface area (Å²) >= 11 is 0. The fourth-order valence-corrected chi connectivity index (χ4v) is 2.81. The van der Waals surface area contributed by atoms with Gasteiger partial charge in [-0.15, -0.1) is 10.2 Å². The van der Waals surface area contributed by atoms with Gasteiger partial charge in [-0.3, -0.25) is 4.90 Å². The Morgan fingerprint density at radius 3 is 2.41 bits per heavy atom. The number of alkyl halides is 3. The van der Waals surface area contributed by atoms with E-state index < -0.39 is 11.7 Å². The van der Waals surface area contributed by atoms with Crippen LogP contribution in [-0.4, -0.2) is 26.2 Å². The predicted molar refractivity (Wildman–Crippen MR) is 75.0 cm³/mol. The summed E-state index contributed by atoms with van der Waals surface area (Å²) in [7, 11) is 0. The molecule has 0 aliphatic carbocycles. The Bertz CT molecular complexity index is 660. The van der Waals surface area contributed by atoms with Crippen molar-refractivity contribution in [3.63, 3.8) is 0 Å². The van der Waals surface area contributed by atoms with Crippen LogP contribution in [-0.2, 0) is 19.3 Å². The van der Waals surface area contributed by atoms with Gasteiger partial charge in [0.25, 0.3) is 0 Å². The summed E-state index contributed by atoms with van der Waals surface area (Å²) in [5, 5.41) is 8.22. The van der Waals surface area contributed by atoms with Gasteiger partial charge in [0.1, 0.15) is 11.6 Å². The van der Waals surface area contributed by atoms with E-state index in [0.29, 0.717) is 6.54 Å². The third-order valence-corrected chi connectivity index (χ3v) is 4.24. The lowest BCUT2D eigenvalue weighted by Gasteiger charge is -2.33. The van der Waals surface area contributed by atoms with Gasteiger partial charge in [-0.05, 0) is 31.5 Å². The van der Waals surface area contributed by atoms with E-state index in [0.717, 1.165) is 42.4 Å². The summed E-state index contributed by atoms with van der Waals surface area (Å²) in [6.45, 7) is 6.21. The topological polar surface area (TPSA) is 34.0 Å². The largest absolute Gasteiger partial charge is 0.416 e. The molecule has 1 aliphatic rings. The Hall–Kier alpha value is -1.89. The Labute approximate surface area is 126 Å². The highest BCUT2D eigenvalue weighted by Gasteiger charge is 2.30. The van der Waals surface area contributed by atoms with E-state index in [1.54, 1.807) is 12.1 Å². The average Bonchev–Trinajstić information content (AvgIpc) is 2.87.